The molecule has 0 unspecified atom stereocenters. The van der Waals surface area contributed by atoms with Crippen molar-refractivity contribution < 1.29 is 18.4 Å². The molecule has 0 saturated carbocycles. The summed E-state index contributed by atoms with van der Waals surface area (Å²) in [7, 11) is 0. The Kier molecular flexibility index (Phi) is 6.03. The fourth-order valence-electron chi connectivity index (χ4n) is 2.14. The van der Waals surface area contributed by atoms with Crippen LogP contribution in [0.1, 0.15) is 13.3 Å². The lowest BCUT2D eigenvalue weighted by Crippen LogP contribution is -2.32. The van der Waals surface area contributed by atoms with Crippen molar-refractivity contribution >= 4 is 39.1 Å². The summed E-state index contributed by atoms with van der Waals surface area (Å²) in [5.41, 5.74) is 0.544. The van der Waals surface area contributed by atoms with Crippen molar-refractivity contribution in [2.45, 2.75) is 13.3 Å². The summed E-state index contributed by atoms with van der Waals surface area (Å²) in [5.74, 6) is -2.26. The SMILES string of the molecule is CC(=O)N(CCC(=O)Nc1ccc(F)cc1F)c1ccccc1Br. The second-order valence-corrected chi connectivity index (χ2v) is 5.90. The van der Waals surface area contributed by atoms with Crippen LogP contribution in [0.4, 0.5) is 20.2 Å². The molecule has 0 fully saturated rings. The van der Waals surface area contributed by atoms with Gasteiger partial charge in [0.1, 0.15) is 11.6 Å². The summed E-state index contributed by atoms with van der Waals surface area (Å²) >= 11 is 3.36. The number of carbonyl (C=O) groups excluding carboxylic acids is 2. The highest BCUT2D eigenvalue weighted by molar-refractivity contribution is 9.10. The van der Waals surface area contributed by atoms with Crippen LogP contribution in [-0.4, -0.2) is 18.4 Å². The molecule has 2 aromatic rings. The minimum atomic E-state index is -0.849. The Bertz CT molecular complexity index is 768. The molecule has 0 heterocycles. The molecule has 2 aromatic carbocycles. The molecule has 126 valence electrons. The van der Waals surface area contributed by atoms with Gasteiger partial charge in [-0.2, -0.15) is 0 Å². The van der Waals surface area contributed by atoms with Gasteiger partial charge in [0.2, 0.25) is 11.8 Å². The minimum absolute atomic E-state index is 0.0300. The van der Waals surface area contributed by atoms with Crippen LogP contribution in [0.15, 0.2) is 46.9 Å². The average Bonchev–Trinajstić information content (AvgIpc) is 2.51. The first-order chi connectivity index (χ1) is 11.4. The monoisotopic (exact) mass is 396 g/mol. The Morgan fingerprint density at radius 2 is 1.88 bits per heavy atom. The predicted molar refractivity (Wildman–Crippen MR) is 91.8 cm³/mol. The first kappa shape index (κ1) is 18.1. The molecule has 2 amide bonds. The van der Waals surface area contributed by atoms with Gasteiger partial charge in [0.25, 0.3) is 0 Å². The number of para-hydroxylation sites is 1. The molecule has 0 aliphatic carbocycles. The van der Waals surface area contributed by atoms with Crippen molar-refractivity contribution in [2.24, 2.45) is 0 Å². The minimum Gasteiger partial charge on any atom is -0.324 e. The summed E-state index contributed by atoms with van der Waals surface area (Å²) in [6.45, 7) is 1.53. The van der Waals surface area contributed by atoms with Crippen LogP contribution in [0.25, 0.3) is 0 Å². The first-order valence-electron chi connectivity index (χ1n) is 7.16. The fraction of sp³-hybridized carbons (Fsp3) is 0.176. The van der Waals surface area contributed by atoms with Crippen molar-refractivity contribution in [3.63, 3.8) is 0 Å². The van der Waals surface area contributed by atoms with Crippen molar-refractivity contribution in [1.82, 2.24) is 0 Å². The highest BCUT2D eigenvalue weighted by atomic mass is 79.9. The van der Waals surface area contributed by atoms with Gasteiger partial charge >= 0.3 is 0 Å². The Hall–Kier alpha value is -2.28. The van der Waals surface area contributed by atoms with Gasteiger partial charge in [0.15, 0.2) is 0 Å². The van der Waals surface area contributed by atoms with E-state index in [2.05, 4.69) is 21.2 Å². The summed E-state index contributed by atoms with van der Waals surface area (Å²) in [6, 6.07) is 10.0. The van der Waals surface area contributed by atoms with Crippen molar-refractivity contribution in [3.8, 4) is 0 Å². The number of hydrogen-bond acceptors (Lipinski definition) is 2. The number of nitrogens with zero attached hydrogens (tertiary/aromatic N) is 1. The Balaban J connectivity index is 2.03. The van der Waals surface area contributed by atoms with Gasteiger partial charge in [0, 0.05) is 30.4 Å². The molecule has 7 heteroatoms. The van der Waals surface area contributed by atoms with E-state index < -0.39 is 17.5 Å². The zero-order valence-electron chi connectivity index (χ0n) is 12.9. The van der Waals surface area contributed by atoms with Crippen molar-refractivity contribution in [1.29, 1.82) is 0 Å². The number of carbonyl (C=O) groups is 2. The maximum Gasteiger partial charge on any atom is 0.226 e. The lowest BCUT2D eigenvalue weighted by atomic mass is 10.2. The molecule has 2 rings (SSSR count). The summed E-state index contributed by atoms with van der Waals surface area (Å²) in [4.78, 5) is 25.3. The molecule has 24 heavy (non-hydrogen) atoms. The summed E-state index contributed by atoms with van der Waals surface area (Å²) in [6.07, 6.45) is -0.0300. The number of halogens is 3. The lowest BCUT2D eigenvalue weighted by molar-refractivity contribution is -0.117. The molecule has 4 nitrogen and oxygen atoms in total. The fourth-order valence-corrected chi connectivity index (χ4v) is 2.63. The molecule has 0 bridgehead atoms. The molecule has 1 N–H and O–H groups in total. The highest BCUT2D eigenvalue weighted by Crippen LogP contribution is 2.26. The highest BCUT2D eigenvalue weighted by Gasteiger charge is 2.16. The summed E-state index contributed by atoms with van der Waals surface area (Å²) < 4.78 is 27.1. The Labute approximate surface area is 146 Å². The van der Waals surface area contributed by atoms with Crippen molar-refractivity contribution in [2.75, 3.05) is 16.8 Å². The number of benzene rings is 2. The third kappa shape index (κ3) is 4.61. The van der Waals surface area contributed by atoms with Gasteiger partial charge < -0.3 is 10.2 Å². The van der Waals surface area contributed by atoms with Crippen LogP contribution >= 0.6 is 15.9 Å². The first-order valence-corrected chi connectivity index (χ1v) is 7.95. The van der Waals surface area contributed by atoms with Gasteiger partial charge in [-0.1, -0.05) is 12.1 Å². The molecule has 0 atom stereocenters. The number of nitrogens with one attached hydrogen (secondary N) is 1. The van der Waals surface area contributed by atoms with Gasteiger partial charge in [0.05, 0.1) is 11.4 Å². The van der Waals surface area contributed by atoms with Gasteiger partial charge in [-0.3, -0.25) is 9.59 Å². The van der Waals surface area contributed by atoms with E-state index in [0.29, 0.717) is 11.8 Å². The number of anilines is 2. The zero-order valence-corrected chi connectivity index (χ0v) is 14.4. The van der Waals surface area contributed by atoms with E-state index in [9.17, 15) is 18.4 Å². The normalized spacial score (nSPS) is 10.3. The standard InChI is InChI=1S/C17H15BrF2N2O2/c1-11(23)22(16-5-3-2-4-13(16)18)9-8-17(24)21-15-7-6-12(19)10-14(15)20/h2-7,10H,8-9H2,1H3,(H,21,24). The second kappa shape index (κ2) is 8.01. The molecule has 0 radical (unpaired) electrons. The molecule has 0 spiro atoms. The Morgan fingerprint density at radius 3 is 2.50 bits per heavy atom. The van der Waals surface area contributed by atoms with Gasteiger partial charge in [-0.05, 0) is 40.2 Å². The van der Waals surface area contributed by atoms with E-state index in [4.69, 9.17) is 0 Å². The molecule has 0 aliphatic heterocycles. The van der Waals surface area contributed by atoms with E-state index in [1.807, 2.05) is 6.07 Å². The lowest BCUT2D eigenvalue weighted by Gasteiger charge is -2.22. The maximum absolute atomic E-state index is 13.5. The topological polar surface area (TPSA) is 49.4 Å². The van der Waals surface area contributed by atoms with Crippen LogP contribution in [-0.2, 0) is 9.59 Å². The van der Waals surface area contributed by atoms with Crippen LogP contribution in [0.3, 0.4) is 0 Å². The molecule has 0 aromatic heterocycles. The second-order valence-electron chi connectivity index (χ2n) is 5.04. The van der Waals surface area contributed by atoms with E-state index in [1.165, 1.54) is 11.8 Å². The Morgan fingerprint density at radius 1 is 1.17 bits per heavy atom. The molecular formula is C17H15BrF2N2O2. The van der Waals surface area contributed by atoms with E-state index in [-0.39, 0.29) is 24.6 Å². The number of hydrogen-bond donors (Lipinski definition) is 1. The van der Waals surface area contributed by atoms with Crippen molar-refractivity contribution in [3.05, 3.63) is 58.6 Å². The zero-order chi connectivity index (χ0) is 17.7. The van der Waals surface area contributed by atoms with Crippen LogP contribution in [0.2, 0.25) is 0 Å². The summed E-state index contributed by atoms with van der Waals surface area (Å²) in [5, 5.41) is 2.37. The van der Waals surface area contributed by atoms with E-state index in [1.54, 1.807) is 18.2 Å². The molecular weight excluding hydrogens is 382 g/mol. The maximum atomic E-state index is 13.5. The third-order valence-electron chi connectivity index (χ3n) is 3.29. The molecule has 0 aliphatic rings. The average molecular weight is 397 g/mol. The molecule has 0 saturated heterocycles. The quantitative estimate of drug-likeness (QED) is 0.826. The van der Waals surface area contributed by atoms with Crippen LogP contribution < -0.4 is 10.2 Å². The number of rotatable bonds is 5. The third-order valence-corrected chi connectivity index (χ3v) is 3.96. The van der Waals surface area contributed by atoms with Gasteiger partial charge in [-0.15, -0.1) is 0 Å². The van der Waals surface area contributed by atoms with Gasteiger partial charge in [-0.25, -0.2) is 8.78 Å². The predicted octanol–water partition coefficient (Wildman–Crippen LogP) is 4.11. The van der Waals surface area contributed by atoms with E-state index >= 15 is 0 Å². The van der Waals surface area contributed by atoms with Crippen LogP contribution in [0.5, 0.6) is 0 Å². The largest absolute Gasteiger partial charge is 0.324 e. The van der Waals surface area contributed by atoms with Crippen LogP contribution in [0, 0.1) is 11.6 Å². The smallest absolute Gasteiger partial charge is 0.226 e. The number of amides is 2. The van der Waals surface area contributed by atoms with E-state index in [0.717, 1.165) is 16.6 Å².